The molecule has 0 aliphatic carbocycles. The van der Waals surface area contributed by atoms with Crippen LogP contribution in [0.1, 0.15) is 5.69 Å². The van der Waals surface area contributed by atoms with Gasteiger partial charge in [0, 0.05) is 23.2 Å². The molecule has 1 N–H and O–H groups in total. The van der Waals surface area contributed by atoms with Crippen molar-refractivity contribution in [2.24, 2.45) is 7.05 Å². The van der Waals surface area contributed by atoms with Crippen molar-refractivity contribution in [3.63, 3.8) is 0 Å². The van der Waals surface area contributed by atoms with Crippen molar-refractivity contribution in [2.75, 3.05) is 12.4 Å². The van der Waals surface area contributed by atoms with Gasteiger partial charge in [-0.1, -0.05) is 6.07 Å². The van der Waals surface area contributed by atoms with Gasteiger partial charge in [0.2, 0.25) is 0 Å². The number of anilines is 2. The minimum atomic E-state index is -0.439. The van der Waals surface area contributed by atoms with Crippen LogP contribution in [0.15, 0.2) is 40.9 Å². The quantitative estimate of drug-likeness (QED) is 0.646. The molecule has 3 rings (SSSR count). The van der Waals surface area contributed by atoms with E-state index in [-0.39, 0.29) is 5.69 Å². The SMILES string of the molecule is COc1ccc(-c2c(C)nn(C)c2Nc2c(F)cccc2Br)c(F)c1. The number of para-hydroxylation sites is 1. The maximum atomic E-state index is 14.6. The molecular formula is C18H16BrF2N3O. The molecule has 3 aromatic rings. The molecule has 7 heteroatoms. The third kappa shape index (κ3) is 3.24. The maximum absolute atomic E-state index is 14.6. The number of aromatic nitrogens is 2. The lowest BCUT2D eigenvalue weighted by molar-refractivity contribution is 0.411. The number of nitrogens with one attached hydrogen (secondary N) is 1. The Labute approximate surface area is 152 Å². The molecule has 25 heavy (non-hydrogen) atoms. The van der Waals surface area contributed by atoms with E-state index in [0.717, 1.165) is 0 Å². The lowest BCUT2D eigenvalue weighted by Crippen LogP contribution is -2.03. The number of rotatable bonds is 4. The number of hydrogen-bond donors (Lipinski definition) is 1. The van der Waals surface area contributed by atoms with Crippen LogP contribution in [-0.4, -0.2) is 16.9 Å². The Morgan fingerprint density at radius 1 is 1.16 bits per heavy atom. The van der Waals surface area contributed by atoms with Crippen molar-refractivity contribution in [2.45, 2.75) is 6.92 Å². The molecule has 0 atom stereocenters. The molecule has 0 saturated heterocycles. The number of benzene rings is 2. The molecule has 0 fully saturated rings. The Morgan fingerprint density at radius 2 is 1.92 bits per heavy atom. The standard InChI is InChI=1S/C18H16BrF2N3O/c1-10-16(12-8-7-11(25-3)9-15(12)21)18(24(2)23-10)22-17-13(19)5-4-6-14(17)20/h4-9,22H,1-3H3. The van der Waals surface area contributed by atoms with E-state index >= 15 is 0 Å². The van der Waals surface area contributed by atoms with Crippen LogP contribution >= 0.6 is 15.9 Å². The van der Waals surface area contributed by atoms with Gasteiger partial charge in [-0.3, -0.25) is 4.68 Å². The second kappa shape index (κ2) is 6.84. The highest BCUT2D eigenvalue weighted by molar-refractivity contribution is 9.10. The van der Waals surface area contributed by atoms with Gasteiger partial charge in [-0.05, 0) is 47.1 Å². The second-order valence-electron chi connectivity index (χ2n) is 5.50. The van der Waals surface area contributed by atoms with Crippen LogP contribution in [0.4, 0.5) is 20.3 Å². The summed E-state index contributed by atoms with van der Waals surface area (Å²) < 4.78 is 35.9. The zero-order chi connectivity index (χ0) is 18.1. The molecular weight excluding hydrogens is 392 g/mol. The van der Waals surface area contributed by atoms with E-state index in [1.165, 1.54) is 19.2 Å². The molecule has 0 aliphatic rings. The molecule has 4 nitrogen and oxygen atoms in total. The van der Waals surface area contributed by atoms with E-state index in [9.17, 15) is 8.78 Å². The van der Waals surface area contributed by atoms with Gasteiger partial charge in [0.25, 0.3) is 0 Å². The molecule has 0 unspecified atom stereocenters. The molecule has 0 amide bonds. The smallest absolute Gasteiger partial charge is 0.147 e. The van der Waals surface area contributed by atoms with Crippen molar-refractivity contribution in [1.29, 1.82) is 0 Å². The lowest BCUT2D eigenvalue weighted by Gasteiger charge is -2.13. The molecule has 0 spiro atoms. The average molecular weight is 408 g/mol. The summed E-state index contributed by atoms with van der Waals surface area (Å²) in [6, 6.07) is 9.29. The Morgan fingerprint density at radius 3 is 2.56 bits per heavy atom. The fourth-order valence-corrected chi connectivity index (χ4v) is 3.13. The molecule has 0 bridgehead atoms. The number of methoxy groups -OCH3 is 1. The summed E-state index contributed by atoms with van der Waals surface area (Å²) in [6.45, 7) is 1.78. The van der Waals surface area contributed by atoms with Crippen LogP contribution in [0.2, 0.25) is 0 Å². The van der Waals surface area contributed by atoms with Gasteiger partial charge < -0.3 is 10.1 Å². The van der Waals surface area contributed by atoms with Crippen molar-refractivity contribution in [1.82, 2.24) is 9.78 Å². The summed E-state index contributed by atoms with van der Waals surface area (Å²) in [5.74, 6) is 0.0574. The Balaban J connectivity index is 2.14. The van der Waals surface area contributed by atoms with E-state index in [0.29, 0.717) is 32.9 Å². The fourth-order valence-electron chi connectivity index (χ4n) is 2.69. The van der Waals surface area contributed by atoms with Crippen LogP contribution in [0, 0.1) is 18.6 Å². The number of nitrogens with zero attached hydrogens (tertiary/aromatic N) is 2. The van der Waals surface area contributed by atoms with Crippen molar-refractivity contribution >= 4 is 27.4 Å². The average Bonchev–Trinajstić information content (AvgIpc) is 2.84. The van der Waals surface area contributed by atoms with Gasteiger partial charge in [-0.15, -0.1) is 0 Å². The first kappa shape index (κ1) is 17.4. The van der Waals surface area contributed by atoms with Crippen LogP contribution < -0.4 is 10.1 Å². The fraction of sp³-hybridized carbons (Fsp3) is 0.167. The minimum absolute atomic E-state index is 0.265. The van der Waals surface area contributed by atoms with Gasteiger partial charge in [0.15, 0.2) is 0 Å². The zero-order valence-corrected chi connectivity index (χ0v) is 15.5. The van der Waals surface area contributed by atoms with Crippen molar-refractivity contribution < 1.29 is 13.5 Å². The number of aryl methyl sites for hydroxylation is 2. The van der Waals surface area contributed by atoms with Gasteiger partial charge in [0.1, 0.15) is 23.2 Å². The topological polar surface area (TPSA) is 39.1 Å². The first-order valence-corrected chi connectivity index (χ1v) is 8.30. The van der Waals surface area contributed by atoms with Crippen LogP contribution in [0.25, 0.3) is 11.1 Å². The molecule has 0 aliphatic heterocycles. The van der Waals surface area contributed by atoms with Crippen molar-refractivity contribution in [3.8, 4) is 16.9 Å². The van der Waals surface area contributed by atoms with Gasteiger partial charge in [-0.25, -0.2) is 8.78 Å². The normalized spacial score (nSPS) is 10.8. The molecule has 0 saturated carbocycles. The van der Waals surface area contributed by atoms with E-state index in [1.54, 1.807) is 42.9 Å². The van der Waals surface area contributed by atoms with E-state index < -0.39 is 11.6 Å². The largest absolute Gasteiger partial charge is 0.497 e. The third-order valence-electron chi connectivity index (χ3n) is 3.87. The Hall–Kier alpha value is -2.41. The van der Waals surface area contributed by atoms with E-state index in [4.69, 9.17) is 4.74 Å². The summed E-state index contributed by atoms with van der Waals surface area (Å²) in [6.07, 6.45) is 0. The highest BCUT2D eigenvalue weighted by atomic mass is 79.9. The first-order chi connectivity index (χ1) is 11.9. The van der Waals surface area contributed by atoms with E-state index in [1.807, 2.05) is 0 Å². The summed E-state index contributed by atoms with van der Waals surface area (Å²) >= 11 is 3.33. The van der Waals surface area contributed by atoms with Gasteiger partial charge in [-0.2, -0.15) is 5.10 Å². The molecule has 2 aromatic carbocycles. The Bertz CT molecular complexity index is 920. The summed E-state index contributed by atoms with van der Waals surface area (Å²) in [7, 11) is 3.20. The summed E-state index contributed by atoms with van der Waals surface area (Å²) in [5.41, 5.74) is 1.82. The summed E-state index contributed by atoms with van der Waals surface area (Å²) in [4.78, 5) is 0. The predicted molar refractivity (Wildman–Crippen MR) is 97.3 cm³/mol. The summed E-state index contributed by atoms with van der Waals surface area (Å²) in [5, 5.41) is 7.38. The molecule has 0 radical (unpaired) electrons. The van der Waals surface area contributed by atoms with Gasteiger partial charge >= 0.3 is 0 Å². The molecule has 1 heterocycles. The van der Waals surface area contributed by atoms with Gasteiger partial charge in [0.05, 0.1) is 24.1 Å². The molecule has 1 aromatic heterocycles. The lowest BCUT2D eigenvalue weighted by atomic mass is 10.0. The van der Waals surface area contributed by atoms with Crippen LogP contribution in [0.5, 0.6) is 5.75 Å². The van der Waals surface area contributed by atoms with Crippen LogP contribution in [0.3, 0.4) is 0 Å². The van der Waals surface area contributed by atoms with Crippen molar-refractivity contribution in [3.05, 3.63) is 58.2 Å². The Kier molecular flexibility index (Phi) is 4.76. The predicted octanol–water partition coefficient (Wildman–Crippen LogP) is 5.19. The van der Waals surface area contributed by atoms with Crippen LogP contribution in [-0.2, 0) is 7.05 Å². The minimum Gasteiger partial charge on any atom is -0.497 e. The number of halogens is 3. The highest BCUT2D eigenvalue weighted by Gasteiger charge is 2.20. The highest BCUT2D eigenvalue weighted by Crippen LogP contribution is 2.37. The van der Waals surface area contributed by atoms with E-state index in [2.05, 4.69) is 26.3 Å². The second-order valence-corrected chi connectivity index (χ2v) is 6.35. The number of hydrogen-bond acceptors (Lipinski definition) is 3. The monoisotopic (exact) mass is 407 g/mol. The molecule has 130 valence electrons. The first-order valence-electron chi connectivity index (χ1n) is 7.51. The number of ether oxygens (including phenoxy) is 1. The third-order valence-corrected chi connectivity index (χ3v) is 4.53. The maximum Gasteiger partial charge on any atom is 0.147 e. The zero-order valence-electron chi connectivity index (χ0n) is 13.9.